The molecule has 0 N–H and O–H groups in total. The lowest BCUT2D eigenvalue weighted by molar-refractivity contribution is 0.0580. The van der Waals surface area contributed by atoms with Gasteiger partial charge in [-0.15, -0.1) is 0 Å². The van der Waals surface area contributed by atoms with E-state index in [2.05, 4.69) is 132 Å². The van der Waals surface area contributed by atoms with Gasteiger partial charge in [0.25, 0.3) is 0 Å². The van der Waals surface area contributed by atoms with Crippen LogP contribution in [0.5, 0.6) is 0 Å². The molecule has 7 rings (SSSR count). The van der Waals surface area contributed by atoms with Gasteiger partial charge in [-0.1, -0.05) is 115 Å². The summed E-state index contributed by atoms with van der Waals surface area (Å²) in [5, 5.41) is 0. The third-order valence-corrected chi connectivity index (χ3v) is 7.61. The van der Waals surface area contributed by atoms with Crippen molar-refractivity contribution >= 4 is 17.1 Å². The lowest BCUT2D eigenvalue weighted by Gasteiger charge is -2.49. The maximum atomic E-state index is 6.59. The lowest BCUT2D eigenvalue weighted by atomic mass is 9.70. The smallest absolute Gasteiger partial charge is 0.147 e. The van der Waals surface area contributed by atoms with E-state index >= 15 is 0 Å². The Morgan fingerprint density at radius 1 is 0.571 bits per heavy atom. The summed E-state index contributed by atoms with van der Waals surface area (Å²) in [4.78, 5) is 2.45. The van der Waals surface area contributed by atoms with E-state index in [4.69, 9.17) is 4.74 Å². The van der Waals surface area contributed by atoms with Crippen LogP contribution in [0.2, 0.25) is 0 Å². The second-order valence-electron chi connectivity index (χ2n) is 9.25. The highest BCUT2D eigenvalue weighted by atomic mass is 16.5. The average Bonchev–Trinajstić information content (AvgIpc) is 2.94. The van der Waals surface area contributed by atoms with Crippen LogP contribution in [-0.2, 0) is 10.3 Å². The Kier molecular flexibility index (Phi) is 4.45. The van der Waals surface area contributed by atoms with Crippen molar-refractivity contribution in [2.24, 2.45) is 0 Å². The molecule has 5 aromatic carbocycles. The van der Waals surface area contributed by atoms with Crippen LogP contribution in [0, 0.1) is 0 Å². The molecule has 2 heterocycles. The van der Waals surface area contributed by atoms with Crippen LogP contribution in [0.25, 0.3) is 0 Å². The number of benzene rings is 5. The number of anilines is 3. The molecule has 0 saturated carbocycles. The van der Waals surface area contributed by atoms with E-state index in [9.17, 15) is 0 Å². The molecule has 0 fully saturated rings. The Morgan fingerprint density at radius 3 is 1.94 bits per heavy atom. The standard InChI is InChI=1S/C33H25NO/c1-35-33(24-15-6-3-7-16-24)27-19-9-11-22-30(27)34-29-21-10-8-17-25(29)31(23-13-4-2-5-14-23)26-18-12-20-28(33)32(26)34/h2-22,31H,1H3. The SMILES string of the molecule is COC1(c2ccccc2)c2ccccc2N2c3ccccc3C(c3ccccc3)c3cccc1c32. The summed E-state index contributed by atoms with van der Waals surface area (Å²) in [7, 11) is 1.84. The van der Waals surface area contributed by atoms with Crippen LogP contribution in [-0.4, -0.2) is 7.11 Å². The van der Waals surface area contributed by atoms with Crippen molar-refractivity contribution in [3.05, 3.63) is 161 Å². The fourth-order valence-electron chi connectivity index (χ4n) is 6.24. The zero-order valence-corrected chi connectivity index (χ0v) is 19.6. The summed E-state index contributed by atoms with van der Waals surface area (Å²) in [5.41, 5.74) is 10.3. The van der Waals surface area contributed by atoms with Crippen molar-refractivity contribution < 1.29 is 4.74 Å². The van der Waals surface area contributed by atoms with Crippen LogP contribution in [0.4, 0.5) is 17.1 Å². The van der Waals surface area contributed by atoms with Crippen molar-refractivity contribution in [3.8, 4) is 0 Å². The maximum absolute atomic E-state index is 6.59. The molecule has 0 spiro atoms. The molecule has 2 nitrogen and oxygen atoms in total. The monoisotopic (exact) mass is 451 g/mol. The van der Waals surface area contributed by atoms with Gasteiger partial charge in [0, 0.05) is 24.2 Å². The Bertz CT molecular complexity index is 1540. The molecule has 0 amide bonds. The van der Waals surface area contributed by atoms with E-state index < -0.39 is 5.60 Å². The second kappa shape index (κ2) is 7.69. The highest BCUT2D eigenvalue weighted by Crippen LogP contribution is 2.61. The normalized spacial score (nSPS) is 19.5. The van der Waals surface area contributed by atoms with Gasteiger partial charge in [-0.25, -0.2) is 0 Å². The van der Waals surface area contributed by atoms with Gasteiger partial charge in [0.1, 0.15) is 5.60 Å². The van der Waals surface area contributed by atoms with Gasteiger partial charge < -0.3 is 9.64 Å². The average molecular weight is 452 g/mol. The number of fused-ring (bicyclic) bond motifs is 4. The quantitative estimate of drug-likeness (QED) is 0.271. The van der Waals surface area contributed by atoms with E-state index in [1.54, 1.807) is 0 Å². The molecule has 0 radical (unpaired) electrons. The molecular weight excluding hydrogens is 426 g/mol. The predicted molar refractivity (Wildman–Crippen MR) is 142 cm³/mol. The van der Waals surface area contributed by atoms with Crippen molar-refractivity contribution in [2.75, 3.05) is 12.0 Å². The first-order valence-electron chi connectivity index (χ1n) is 12.1. The van der Waals surface area contributed by atoms with Gasteiger partial charge >= 0.3 is 0 Å². The number of hydrogen-bond donors (Lipinski definition) is 0. The van der Waals surface area contributed by atoms with Crippen molar-refractivity contribution in [1.82, 2.24) is 0 Å². The summed E-state index contributed by atoms with van der Waals surface area (Å²) in [6.45, 7) is 0. The Morgan fingerprint density at radius 2 is 1.17 bits per heavy atom. The van der Waals surface area contributed by atoms with Gasteiger partial charge in [-0.3, -0.25) is 0 Å². The summed E-state index contributed by atoms with van der Waals surface area (Å²) in [6.07, 6.45) is 0. The fraction of sp³-hybridized carbons (Fsp3) is 0.0909. The molecule has 168 valence electrons. The number of hydrogen-bond acceptors (Lipinski definition) is 2. The number of para-hydroxylation sites is 3. The number of methoxy groups -OCH3 is 1. The number of rotatable bonds is 3. The van der Waals surface area contributed by atoms with Gasteiger partial charge in [-0.2, -0.15) is 0 Å². The Balaban J connectivity index is 1.63. The summed E-state index contributed by atoms with van der Waals surface area (Å²) in [6, 6.07) is 45.7. The van der Waals surface area contributed by atoms with E-state index in [0.717, 1.165) is 16.8 Å². The van der Waals surface area contributed by atoms with Crippen LogP contribution in [0.1, 0.15) is 39.3 Å². The molecule has 0 aliphatic carbocycles. The van der Waals surface area contributed by atoms with Gasteiger partial charge in [0.15, 0.2) is 0 Å². The second-order valence-corrected chi connectivity index (χ2v) is 9.25. The molecular formula is C33H25NO. The van der Waals surface area contributed by atoms with Crippen LogP contribution < -0.4 is 4.90 Å². The molecule has 2 aliphatic heterocycles. The zero-order valence-electron chi connectivity index (χ0n) is 19.6. The molecule has 2 atom stereocenters. The highest BCUT2D eigenvalue weighted by Gasteiger charge is 2.48. The topological polar surface area (TPSA) is 12.5 Å². The Hall–Kier alpha value is -4.14. The third-order valence-electron chi connectivity index (χ3n) is 7.61. The predicted octanol–water partition coefficient (Wildman–Crippen LogP) is 7.90. The van der Waals surface area contributed by atoms with Crippen LogP contribution in [0.3, 0.4) is 0 Å². The summed E-state index contributed by atoms with van der Waals surface area (Å²) in [5.74, 6) is 0.147. The van der Waals surface area contributed by atoms with E-state index in [0.29, 0.717) is 0 Å². The van der Waals surface area contributed by atoms with Crippen molar-refractivity contribution in [1.29, 1.82) is 0 Å². The molecule has 2 aliphatic rings. The molecule has 0 saturated heterocycles. The number of nitrogens with zero attached hydrogens (tertiary/aromatic N) is 1. The van der Waals surface area contributed by atoms with Gasteiger partial charge in [0.2, 0.25) is 0 Å². The molecule has 2 heteroatoms. The minimum Gasteiger partial charge on any atom is -0.364 e. The summed E-state index contributed by atoms with van der Waals surface area (Å²) >= 11 is 0. The minimum absolute atomic E-state index is 0.147. The zero-order chi connectivity index (χ0) is 23.4. The van der Waals surface area contributed by atoms with E-state index in [1.165, 1.54) is 33.6 Å². The van der Waals surface area contributed by atoms with Crippen LogP contribution >= 0.6 is 0 Å². The number of ether oxygens (including phenoxy) is 1. The van der Waals surface area contributed by atoms with Crippen molar-refractivity contribution in [3.63, 3.8) is 0 Å². The minimum atomic E-state index is -0.701. The van der Waals surface area contributed by atoms with E-state index in [-0.39, 0.29) is 5.92 Å². The maximum Gasteiger partial charge on any atom is 0.147 e. The van der Waals surface area contributed by atoms with Crippen LogP contribution in [0.15, 0.2) is 127 Å². The van der Waals surface area contributed by atoms with Gasteiger partial charge in [-0.05, 0) is 34.4 Å². The molecule has 2 unspecified atom stereocenters. The molecule has 0 aromatic heterocycles. The molecule has 0 bridgehead atoms. The summed E-state index contributed by atoms with van der Waals surface area (Å²) < 4.78 is 6.59. The van der Waals surface area contributed by atoms with Gasteiger partial charge in [0.05, 0.1) is 17.1 Å². The first-order valence-corrected chi connectivity index (χ1v) is 12.1. The lowest BCUT2D eigenvalue weighted by Crippen LogP contribution is -2.40. The molecule has 5 aromatic rings. The first-order chi connectivity index (χ1) is 17.3. The highest BCUT2D eigenvalue weighted by molar-refractivity contribution is 5.93. The largest absolute Gasteiger partial charge is 0.364 e. The molecule has 35 heavy (non-hydrogen) atoms. The van der Waals surface area contributed by atoms with Crippen molar-refractivity contribution in [2.45, 2.75) is 11.5 Å². The third kappa shape index (κ3) is 2.69. The first kappa shape index (κ1) is 20.3. The van der Waals surface area contributed by atoms with E-state index in [1.807, 2.05) is 7.11 Å². The fourth-order valence-corrected chi connectivity index (χ4v) is 6.24. The Labute approximate surface area is 206 Å².